The number of allylic oxidation sites excluding steroid dienone is 1. The van der Waals surface area contributed by atoms with Gasteiger partial charge in [0, 0.05) is 6.42 Å². The molecule has 0 aromatic heterocycles. The van der Waals surface area contributed by atoms with E-state index in [0.717, 1.165) is 51.4 Å². The Balaban J connectivity index is 1.89. The molecule has 0 aromatic carbocycles. The second-order valence-electron chi connectivity index (χ2n) is 14.3. The van der Waals surface area contributed by atoms with Gasteiger partial charge in [-0.1, -0.05) is 116 Å². The van der Waals surface area contributed by atoms with Crippen LogP contribution in [-0.4, -0.2) is 135 Å². The maximum atomic E-state index is 12.8. The van der Waals surface area contributed by atoms with Crippen LogP contribution in [0.5, 0.6) is 0 Å². The van der Waals surface area contributed by atoms with Gasteiger partial charge in [0.15, 0.2) is 6.29 Å². The van der Waals surface area contributed by atoms with Gasteiger partial charge in [0.2, 0.25) is 5.91 Å². The first-order valence-electron chi connectivity index (χ1n) is 20.0. The zero-order valence-corrected chi connectivity index (χ0v) is 31.6. The standard InChI is InChI=1S/C38H71NO13/c1-3-5-7-9-10-11-12-13-14-15-16-18-19-21-28(42)27(39-32(43)22-20-17-8-6-4-2)25-49-52-31-26-48-30(24-41)37(34(31)45)51-38-36(47)35(46)33(44)29(23-40)50-38/h19,21,27-31,33-38,40-42,44-47H,3-18,20,22-26H2,1-2H3,(H,39,43)/b21-19+/t27?,28-,29?,30?,31?,33?,34?,35?,36?,37?,38?/m1/s1. The summed E-state index contributed by atoms with van der Waals surface area (Å²) in [5, 5.41) is 74.9. The van der Waals surface area contributed by atoms with Crippen molar-refractivity contribution < 1.29 is 64.5 Å². The molecule has 14 nitrogen and oxygen atoms in total. The molecule has 0 aromatic rings. The molecule has 2 heterocycles. The Bertz CT molecular complexity index is 927. The van der Waals surface area contributed by atoms with Gasteiger partial charge in [-0.15, -0.1) is 0 Å². The van der Waals surface area contributed by atoms with E-state index in [1.54, 1.807) is 6.08 Å². The number of rotatable bonds is 29. The van der Waals surface area contributed by atoms with Crippen molar-refractivity contribution in [2.45, 2.75) is 197 Å². The molecule has 0 spiro atoms. The van der Waals surface area contributed by atoms with Gasteiger partial charge >= 0.3 is 0 Å². The van der Waals surface area contributed by atoms with Crippen molar-refractivity contribution in [1.82, 2.24) is 5.32 Å². The fraction of sp³-hybridized carbons (Fsp3) is 0.921. The molecule has 306 valence electrons. The summed E-state index contributed by atoms with van der Waals surface area (Å²) in [6.07, 6.45) is 9.42. The highest BCUT2D eigenvalue weighted by Crippen LogP contribution is 2.28. The molecule has 11 atom stereocenters. The summed E-state index contributed by atoms with van der Waals surface area (Å²) >= 11 is 0. The van der Waals surface area contributed by atoms with E-state index < -0.39 is 80.5 Å². The average molecular weight is 750 g/mol. The van der Waals surface area contributed by atoms with Crippen LogP contribution in [0.25, 0.3) is 0 Å². The molecule has 0 saturated carbocycles. The van der Waals surface area contributed by atoms with Crippen molar-refractivity contribution in [3.05, 3.63) is 12.2 Å². The predicted molar refractivity (Wildman–Crippen MR) is 194 cm³/mol. The molecule has 0 aliphatic carbocycles. The normalized spacial score (nSPS) is 29.4. The van der Waals surface area contributed by atoms with Crippen molar-refractivity contribution in [2.75, 3.05) is 26.4 Å². The first-order valence-corrected chi connectivity index (χ1v) is 20.0. The lowest BCUT2D eigenvalue weighted by Crippen LogP contribution is -2.63. The fourth-order valence-electron chi connectivity index (χ4n) is 6.48. The third-order valence-electron chi connectivity index (χ3n) is 9.89. The number of hydrogen-bond acceptors (Lipinski definition) is 13. The van der Waals surface area contributed by atoms with E-state index in [2.05, 4.69) is 19.2 Å². The lowest BCUT2D eigenvalue weighted by molar-refractivity contribution is -0.383. The maximum absolute atomic E-state index is 12.8. The van der Waals surface area contributed by atoms with Crippen LogP contribution in [0.4, 0.5) is 0 Å². The summed E-state index contributed by atoms with van der Waals surface area (Å²) in [6, 6.07) is -0.843. The van der Waals surface area contributed by atoms with Crippen LogP contribution < -0.4 is 5.32 Å². The molecule has 0 radical (unpaired) electrons. The van der Waals surface area contributed by atoms with Crippen molar-refractivity contribution in [1.29, 1.82) is 0 Å². The number of carbonyl (C=O) groups excluding carboxylic acids is 1. The highest BCUT2D eigenvalue weighted by Gasteiger charge is 2.49. The average Bonchev–Trinajstić information content (AvgIpc) is 3.14. The van der Waals surface area contributed by atoms with Crippen LogP contribution in [0.1, 0.15) is 129 Å². The van der Waals surface area contributed by atoms with Crippen LogP contribution >= 0.6 is 0 Å². The maximum Gasteiger partial charge on any atom is 0.220 e. The van der Waals surface area contributed by atoms with Gasteiger partial charge < -0.3 is 55.3 Å². The van der Waals surface area contributed by atoms with E-state index in [1.807, 2.05) is 6.08 Å². The second kappa shape index (κ2) is 28.2. The fourth-order valence-corrected chi connectivity index (χ4v) is 6.48. The molecule has 10 unspecified atom stereocenters. The first-order chi connectivity index (χ1) is 25.2. The van der Waals surface area contributed by atoms with E-state index in [0.29, 0.717) is 6.42 Å². The van der Waals surface area contributed by atoms with Gasteiger partial charge in [0.1, 0.15) is 55.4 Å². The Hall–Kier alpha value is -1.27. The summed E-state index contributed by atoms with van der Waals surface area (Å²) < 4.78 is 16.7. The highest BCUT2D eigenvalue weighted by molar-refractivity contribution is 5.76. The molecule has 52 heavy (non-hydrogen) atoms. The van der Waals surface area contributed by atoms with Crippen molar-refractivity contribution >= 4 is 5.91 Å². The second-order valence-corrected chi connectivity index (χ2v) is 14.3. The molecule has 2 aliphatic rings. The Morgan fingerprint density at radius 1 is 0.769 bits per heavy atom. The zero-order chi connectivity index (χ0) is 38.1. The molecule has 2 saturated heterocycles. The summed E-state index contributed by atoms with van der Waals surface area (Å²) in [5.41, 5.74) is 0. The van der Waals surface area contributed by atoms with Gasteiger partial charge in [-0.05, 0) is 19.3 Å². The van der Waals surface area contributed by atoms with Crippen LogP contribution in [0.3, 0.4) is 0 Å². The molecule has 2 aliphatic heterocycles. The highest BCUT2D eigenvalue weighted by atomic mass is 17.2. The molecular weight excluding hydrogens is 678 g/mol. The SMILES string of the molecule is CCCCCCCCCCCCC/C=C/[C@@H](O)C(COOC1COC(CO)C(OC2OC(CO)C(O)C(O)C2O)C1O)NC(=O)CCCCCCC. The largest absolute Gasteiger partial charge is 0.394 e. The van der Waals surface area contributed by atoms with E-state index in [-0.39, 0.29) is 19.1 Å². The Morgan fingerprint density at radius 3 is 1.94 bits per heavy atom. The molecule has 1 amide bonds. The van der Waals surface area contributed by atoms with Gasteiger partial charge in [0.25, 0.3) is 0 Å². The van der Waals surface area contributed by atoms with Gasteiger partial charge in [0.05, 0.1) is 32.0 Å². The third kappa shape index (κ3) is 17.5. The number of ether oxygens (including phenoxy) is 3. The molecule has 0 bridgehead atoms. The van der Waals surface area contributed by atoms with E-state index in [1.165, 1.54) is 57.8 Å². The lowest BCUT2D eigenvalue weighted by atomic mass is 9.97. The summed E-state index contributed by atoms with van der Waals surface area (Å²) in [5.74, 6) is -0.220. The van der Waals surface area contributed by atoms with Crippen LogP contribution in [0.2, 0.25) is 0 Å². The van der Waals surface area contributed by atoms with Crippen LogP contribution in [-0.2, 0) is 28.8 Å². The Labute approximate surface area is 310 Å². The van der Waals surface area contributed by atoms with Gasteiger partial charge in [-0.3, -0.25) is 4.79 Å². The molecule has 2 fully saturated rings. The summed E-state index contributed by atoms with van der Waals surface area (Å²) in [7, 11) is 0. The quantitative estimate of drug-likeness (QED) is 0.0239. The number of aliphatic hydroxyl groups excluding tert-OH is 7. The number of unbranched alkanes of at least 4 members (excludes halogenated alkanes) is 15. The van der Waals surface area contributed by atoms with Crippen molar-refractivity contribution in [3.8, 4) is 0 Å². The third-order valence-corrected chi connectivity index (χ3v) is 9.89. The minimum absolute atomic E-state index is 0.211. The van der Waals surface area contributed by atoms with Crippen molar-refractivity contribution in [3.63, 3.8) is 0 Å². The molecule has 2 rings (SSSR count). The minimum Gasteiger partial charge on any atom is -0.394 e. The summed E-state index contributed by atoms with van der Waals surface area (Å²) in [4.78, 5) is 23.7. The Kier molecular flexibility index (Phi) is 25.4. The molecule has 8 N–H and O–H groups in total. The molecule has 14 heteroatoms. The van der Waals surface area contributed by atoms with Crippen LogP contribution in [0.15, 0.2) is 12.2 Å². The topological polar surface area (TPSA) is 217 Å². The number of amides is 1. The van der Waals surface area contributed by atoms with Crippen molar-refractivity contribution in [2.24, 2.45) is 0 Å². The number of carbonyl (C=O) groups is 1. The van der Waals surface area contributed by atoms with E-state index >= 15 is 0 Å². The van der Waals surface area contributed by atoms with E-state index in [9.17, 15) is 40.5 Å². The molecular formula is C38H71NO13. The minimum atomic E-state index is -1.73. The summed E-state index contributed by atoms with van der Waals surface area (Å²) in [6.45, 7) is 2.65. The number of aliphatic hydroxyl groups is 7. The number of hydrogen-bond donors (Lipinski definition) is 8. The smallest absolute Gasteiger partial charge is 0.220 e. The zero-order valence-electron chi connectivity index (χ0n) is 31.6. The van der Waals surface area contributed by atoms with E-state index in [4.69, 9.17) is 24.0 Å². The monoisotopic (exact) mass is 749 g/mol. The first kappa shape index (κ1) is 46.9. The lowest BCUT2D eigenvalue weighted by Gasteiger charge is -2.44. The predicted octanol–water partition coefficient (Wildman–Crippen LogP) is 2.70. The van der Waals surface area contributed by atoms with Gasteiger partial charge in [-0.25, -0.2) is 9.78 Å². The Morgan fingerprint density at radius 2 is 1.35 bits per heavy atom. The van der Waals surface area contributed by atoms with Gasteiger partial charge in [-0.2, -0.15) is 0 Å². The number of nitrogens with one attached hydrogen (secondary N) is 1. The van der Waals surface area contributed by atoms with Crippen LogP contribution in [0, 0.1) is 0 Å².